The van der Waals surface area contributed by atoms with E-state index in [9.17, 15) is 19.5 Å². The molecule has 40 heavy (non-hydrogen) atoms. The lowest BCUT2D eigenvalue weighted by molar-refractivity contribution is -0.140. The molecule has 3 radical (unpaired) electrons. The van der Waals surface area contributed by atoms with Crippen molar-refractivity contribution in [3.63, 3.8) is 0 Å². The summed E-state index contributed by atoms with van der Waals surface area (Å²) in [5.74, 6) is -1.68. The summed E-state index contributed by atoms with van der Waals surface area (Å²) in [4.78, 5) is 42.6. The third-order valence-corrected chi connectivity index (χ3v) is 7.51. The van der Waals surface area contributed by atoms with Crippen molar-refractivity contribution in [2.45, 2.75) is 79.4 Å². The number of nitrogens with zero attached hydrogens (tertiary/aromatic N) is 3. The molecule has 0 unspecified atom stereocenters. The third kappa shape index (κ3) is 7.77. The summed E-state index contributed by atoms with van der Waals surface area (Å²) in [6.45, 7) is 13.3. The highest BCUT2D eigenvalue weighted by Crippen LogP contribution is 2.36. The van der Waals surface area contributed by atoms with Gasteiger partial charge in [-0.15, -0.1) is 0 Å². The molecule has 0 aliphatic rings. The van der Waals surface area contributed by atoms with Gasteiger partial charge in [-0.2, -0.15) is 0 Å². The minimum absolute atomic E-state index is 0. The van der Waals surface area contributed by atoms with Crippen LogP contribution >= 0.6 is 0 Å². The van der Waals surface area contributed by atoms with Crippen molar-refractivity contribution in [1.29, 1.82) is 0 Å². The standard InChI is InChI=1S/C30H46N4O4.CH4.B/c1-18(2)24(16-20(5)29(37)38)34(11)28(36)25(19(3)4)31-27(35)26(32(8)9)30(6,7)22-17-33(10)23-15-13-12-14-21(22)23;;/h12-19,24-26H,1-11H3,(H,31,35)(H,37,38);1H4;/b20-16+;;/t24-,25+,26-;;/m1../s1. The second-order valence-corrected chi connectivity index (χ2v) is 11.8. The highest BCUT2D eigenvalue weighted by molar-refractivity contribution is 5.93. The minimum Gasteiger partial charge on any atom is -0.478 e. The number of aryl methyl sites for hydroxylation is 1. The van der Waals surface area contributed by atoms with E-state index in [0.29, 0.717) is 0 Å². The predicted octanol–water partition coefficient (Wildman–Crippen LogP) is 4.30. The molecule has 1 heterocycles. The van der Waals surface area contributed by atoms with E-state index in [-0.39, 0.29) is 45.1 Å². The number of hydrogen-bond donors (Lipinski definition) is 2. The van der Waals surface area contributed by atoms with Crippen molar-refractivity contribution in [1.82, 2.24) is 19.7 Å². The highest BCUT2D eigenvalue weighted by atomic mass is 16.4. The maximum absolute atomic E-state index is 13.9. The largest absolute Gasteiger partial charge is 0.478 e. The Labute approximate surface area is 243 Å². The predicted molar refractivity (Wildman–Crippen MR) is 165 cm³/mol. The Morgan fingerprint density at radius 1 is 1.02 bits per heavy atom. The summed E-state index contributed by atoms with van der Waals surface area (Å²) in [5.41, 5.74) is 1.75. The van der Waals surface area contributed by atoms with Gasteiger partial charge in [-0.1, -0.05) is 73.2 Å². The van der Waals surface area contributed by atoms with E-state index in [0.717, 1.165) is 16.5 Å². The van der Waals surface area contributed by atoms with E-state index in [1.165, 1.54) is 6.92 Å². The topological polar surface area (TPSA) is 94.9 Å². The van der Waals surface area contributed by atoms with Gasteiger partial charge in [0.15, 0.2) is 0 Å². The average Bonchev–Trinajstić information content (AvgIpc) is 3.16. The van der Waals surface area contributed by atoms with Crippen LogP contribution in [0.5, 0.6) is 0 Å². The fourth-order valence-electron chi connectivity index (χ4n) is 5.40. The molecule has 2 N–H and O–H groups in total. The third-order valence-electron chi connectivity index (χ3n) is 7.51. The first kappa shape index (κ1) is 36.9. The van der Waals surface area contributed by atoms with E-state index < -0.39 is 29.5 Å². The number of nitrogens with one attached hydrogen (secondary N) is 1. The average molecular weight is 554 g/mol. The molecule has 0 fully saturated rings. The number of amides is 2. The van der Waals surface area contributed by atoms with Crippen molar-refractivity contribution in [3.8, 4) is 0 Å². The second kappa shape index (κ2) is 14.5. The van der Waals surface area contributed by atoms with Crippen molar-refractivity contribution in [2.75, 3.05) is 21.1 Å². The lowest BCUT2D eigenvalue weighted by Crippen LogP contribution is -2.60. The lowest BCUT2D eigenvalue weighted by atomic mass is 9.76. The summed E-state index contributed by atoms with van der Waals surface area (Å²) in [7, 11) is 7.43. The number of carboxylic acid groups (broad SMARTS) is 1. The molecular formula is C31H50BN4O4. The maximum atomic E-state index is 13.9. The molecule has 0 aliphatic carbocycles. The zero-order valence-electron chi connectivity index (χ0n) is 25.4. The molecule has 2 rings (SSSR count). The molecule has 0 saturated carbocycles. The number of rotatable bonds is 11. The normalized spacial score (nSPS) is 14.4. The SMILES string of the molecule is C.C/C(=C\[C@H](C(C)C)N(C)C(=O)[C@@H](NC(=O)[C@@H](N(C)C)C(C)(C)c1cn(C)c2ccccc12)C(C)C)C(=O)O.[B]. The number of carbonyl (C=O) groups excluding carboxylic acids is 2. The Kier molecular flexibility index (Phi) is 13.4. The molecule has 3 atom stereocenters. The molecule has 8 nitrogen and oxygen atoms in total. The van der Waals surface area contributed by atoms with Crippen molar-refractivity contribution in [3.05, 3.63) is 47.7 Å². The van der Waals surface area contributed by atoms with Gasteiger partial charge in [-0.25, -0.2) is 4.79 Å². The molecule has 0 saturated heterocycles. The fraction of sp³-hybridized carbons (Fsp3) is 0.581. The Balaban J connectivity index is 0.00000760. The van der Waals surface area contributed by atoms with E-state index in [2.05, 4.69) is 42.1 Å². The van der Waals surface area contributed by atoms with Crippen LogP contribution in [0.3, 0.4) is 0 Å². The number of carbonyl (C=O) groups is 3. The Morgan fingerprint density at radius 2 is 1.57 bits per heavy atom. The molecule has 221 valence electrons. The monoisotopic (exact) mass is 553 g/mol. The summed E-state index contributed by atoms with van der Waals surface area (Å²) >= 11 is 0. The number of para-hydroxylation sites is 1. The Morgan fingerprint density at radius 3 is 2.05 bits per heavy atom. The van der Waals surface area contributed by atoms with Crippen LogP contribution < -0.4 is 5.32 Å². The van der Waals surface area contributed by atoms with Gasteiger partial charge in [0.05, 0.1) is 12.1 Å². The van der Waals surface area contributed by atoms with Crippen LogP contribution in [0.2, 0.25) is 0 Å². The summed E-state index contributed by atoms with van der Waals surface area (Å²) in [6.07, 6.45) is 3.69. The molecule has 0 spiro atoms. The fourth-order valence-corrected chi connectivity index (χ4v) is 5.40. The molecular weight excluding hydrogens is 503 g/mol. The quantitative estimate of drug-likeness (QED) is 0.320. The van der Waals surface area contributed by atoms with E-state index in [1.807, 2.05) is 65.9 Å². The lowest BCUT2D eigenvalue weighted by Gasteiger charge is -2.39. The van der Waals surface area contributed by atoms with Gasteiger partial charge >= 0.3 is 5.97 Å². The number of carboxylic acids is 1. The molecule has 2 amide bonds. The van der Waals surface area contributed by atoms with Crippen LogP contribution in [0.4, 0.5) is 0 Å². The van der Waals surface area contributed by atoms with Crippen LogP contribution in [0.15, 0.2) is 42.1 Å². The van der Waals surface area contributed by atoms with Crippen LogP contribution in [-0.2, 0) is 26.8 Å². The summed E-state index contributed by atoms with van der Waals surface area (Å²) in [5, 5.41) is 13.5. The van der Waals surface area contributed by atoms with Gasteiger partial charge in [0.1, 0.15) is 6.04 Å². The first-order chi connectivity index (χ1) is 17.5. The number of aliphatic carboxylic acids is 1. The molecule has 0 bridgehead atoms. The van der Waals surface area contributed by atoms with Crippen molar-refractivity contribution < 1.29 is 19.5 Å². The van der Waals surface area contributed by atoms with E-state index >= 15 is 0 Å². The molecule has 1 aromatic heterocycles. The van der Waals surface area contributed by atoms with Gasteiger partial charge in [0.2, 0.25) is 11.8 Å². The number of benzene rings is 1. The van der Waals surface area contributed by atoms with Gasteiger partial charge in [-0.05, 0) is 44.5 Å². The number of aromatic nitrogens is 1. The number of fused-ring (bicyclic) bond motifs is 1. The smallest absolute Gasteiger partial charge is 0.331 e. The first-order valence-corrected chi connectivity index (χ1v) is 13.2. The van der Waals surface area contributed by atoms with Crippen molar-refractivity contribution in [2.24, 2.45) is 18.9 Å². The summed E-state index contributed by atoms with van der Waals surface area (Å²) < 4.78 is 2.07. The van der Waals surface area contributed by atoms with E-state index in [1.54, 1.807) is 18.0 Å². The Hall–Kier alpha value is -3.07. The maximum Gasteiger partial charge on any atom is 0.331 e. The number of likely N-dealkylation sites (N-methyl/N-ethyl adjacent to an activating group) is 2. The molecule has 0 aliphatic heterocycles. The van der Waals surface area contributed by atoms with Gasteiger partial charge in [0.25, 0.3) is 0 Å². The summed E-state index contributed by atoms with van der Waals surface area (Å²) in [6, 6.07) is 6.40. The zero-order valence-corrected chi connectivity index (χ0v) is 25.4. The number of hydrogen-bond acceptors (Lipinski definition) is 4. The van der Waals surface area contributed by atoms with Gasteiger partial charge in [-0.3, -0.25) is 14.5 Å². The highest BCUT2D eigenvalue weighted by Gasteiger charge is 2.42. The van der Waals surface area contributed by atoms with Crippen molar-refractivity contribution >= 4 is 37.1 Å². The Bertz CT molecular complexity index is 1200. The second-order valence-electron chi connectivity index (χ2n) is 11.8. The molecule has 2 aromatic rings. The van der Waals surface area contributed by atoms with Gasteiger partial charge in [0, 0.05) is 50.6 Å². The molecule has 9 heteroatoms. The zero-order chi connectivity index (χ0) is 29.1. The van der Waals surface area contributed by atoms with Crippen LogP contribution in [-0.4, -0.2) is 84.9 Å². The van der Waals surface area contributed by atoms with E-state index in [4.69, 9.17) is 0 Å². The minimum atomic E-state index is -1.02. The van der Waals surface area contributed by atoms with Crippen LogP contribution in [0.1, 0.15) is 61.5 Å². The van der Waals surface area contributed by atoms with Gasteiger partial charge < -0.3 is 19.9 Å². The van der Waals surface area contributed by atoms with Crippen LogP contribution in [0.25, 0.3) is 10.9 Å². The van der Waals surface area contributed by atoms with Crippen LogP contribution in [0, 0.1) is 11.8 Å². The first-order valence-electron chi connectivity index (χ1n) is 13.2. The molecule has 1 aromatic carbocycles.